The van der Waals surface area contributed by atoms with Crippen molar-refractivity contribution in [1.82, 2.24) is 0 Å². The van der Waals surface area contributed by atoms with Crippen molar-refractivity contribution in [1.29, 1.82) is 0 Å². The first-order chi connectivity index (χ1) is 17.6. The first kappa shape index (κ1) is 26.2. The molecule has 1 saturated heterocycles. The fraction of sp³-hybridized carbons (Fsp3) is 0.364. The third kappa shape index (κ3) is 4.78. The molecule has 0 aromatic heterocycles. The van der Waals surface area contributed by atoms with Gasteiger partial charge < -0.3 is 4.74 Å². The van der Waals surface area contributed by atoms with Crippen molar-refractivity contribution >= 4 is 31.0 Å². The van der Waals surface area contributed by atoms with Crippen molar-refractivity contribution in [3.8, 4) is 11.8 Å². The van der Waals surface area contributed by atoms with Crippen LogP contribution in [0.25, 0.3) is 0 Å². The summed E-state index contributed by atoms with van der Waals surface area (Å²) in [6, 6.07) is 19.1. The van der Waals surface area contributed by atoms with Gasteiger partial charge in [-0.1, -0.05) is 55.2 Å². The summed E-state index contributed by atoms with van der Waals surface area (Å²) in [7, 11) is 0. The maximum Gasteiger partial charge on any atom is 0.156 e. The summed E-state index contributed by atoms with van der Waals surface area (Å²) in [5, 5.41) is 0. The zero-order chi connectivity index (χ0) is 24.7. The van der Waals surface area contributed by atoms with Crippen LogP contribution in [0.2, 0.25) is 0 Å². The molecule has 4 aliphatic rings. The van der Waals surface area contributed by atoms with Crippen LogP contribution in [0.15, 0.2) is 93.9 Å². The highest BCUT2D eigenvalue weighted by Crippen LogP contribution is 2.58. The Bertz CT molecular complexity index is 1340. The molecule has 1 fully saturated rings. The molecule has 4 atom stereocenters. The smallest absolute Gasteiger partial charge is 0.156 e. The third-order valence-electron chi connectivity index (χ3n) is 8.68. The molecule has 0 amide bonds. The molecule has 2 aromatic rings. The molecular formula is C33H34O2S2. The number of hydrogen-bond donors (Lipinski definition) is 0. The van der Waals surface area contributed by atoms with Crippen LogP contribution in [0.1, 0.15) is 56.3 Å². The minimum Gasteiger partial charge on any atom is -0.368 e. The lowest BCUT2D eigenvalue weighted by atomic mass is 9.62. The van der Waals surface area contributed by atoms with Crippen LogP contribution in [-0.2, 0) is 9.53 Å². The Morgan fingerprint density at radius 3 is 2.54 bits per heavy atom. The molecule has 0 spiro atoms. The van der Waals surface area contributed by atoms with Gasteiger partial charge in [-0.05, 0) is 96.4 Å². The van der Waals surface area contributed by atoms with Crippen molar-refractivity contribution in [3.05, 3.63) is 100 Å². The molecule has 1 aliphatic heterocycles. The summed E-state index contributed by atoms with van der Waals surface area (Å²) in [6.07, 6.45) is 10.9. The van der Waals surface area contributed by atoms with E-state index in [1.54, 1.807) is 11.8 Å². The van der Waals surface area contributed by atoms with Gasteiger partial charge in [0.15, 0.2) is 5.78 Å². The molecule has 37 heavy (non-hydrogen) atoms. The zero-order valence-electron chi connectivity index (χ0n) is 21.6. The first-order valence-electron chi connectivity index (χ1n) is 13.1. The number of rotatable bonds is 2. The quantitative estimate of drug-likeness (QED) is 0.298. The molecule has 0 radical (unpaired) electrons. The summed E-state index contributed by atoms with van der Waals surface area (Å²) in [6.45, 7) is 3.03. The molecule has 3 aliphatic carbocycles. The van der Waals surface area contributed by atoms with Gasteiger partial charge in [0.2, 0.25) is 0 Å². The average molecular weight is 527 g/mol. The van der Waals surface area contributed by atoms with E-state index in [1.807, 2.05) is 24.3 Å². The molecule has 0 N–H and O–H groups in total. The lowest BCUT2D eigenvalue weighted by Gasteiger charge is -2.40. The number of hydrogen-bond acceptors (Lipinski definition) is 3. The Kier molecular flexibility index (Phi) is 7.59. The second kappa shape index (κ2) is 10.7. The van der Waals surface area contributed by atoms with Gasteiger partial charge in [0.1, 0.15) is 6.10 Å². The molecule has 0 bridgehead atoms. The summed E-state index contributed by atoms with van der Waals surface area (Å²) in [5.74, 6) is 8.14. The van der Waals surface area contributed by atoms with Crippen molar-refractivity contribution in [2.75, 3.05) is 12.9 Å². The second-order valence-electron chi connectivity index (χ2n) is 10.7. The van der Waals surface area contributed by atoms with Gasteiger partial charge in [0, 0.05) is 27.9 Å². The monoisotopic (exact) mass is 526 g/mol. The maximum absolute atomic E-state index is 12.3. The molecule has 2 aromatic carbocycles. The fourth-order valence-electron chi connectivity index (χ4n) is 6.76. The van der Waals surface area contributed by atoms with Gasteiger partial charge in [-0.2, -0.15) is 13.5 Å². The van der Waals surface area contributed by atoms with Crippen LogP contribution < -0.4 is 0 Å². The maximum atomic E-state index is 12.3. The van der Waals surface area contributed by atoms with E-state index in [1.165, 1.54) is 32.8 Å². The SMILES string of the molecule is CSc1ccc(C2OC[C@]3(C)C(C#Cc4ccccc4)=CCC3C3CCC4=CC(=O)CCC4=C23)cc1.S. The molecule has 3 unspecified atom stereocenters. The Morgan fingerprint density at radius 1 is 1.00 bits per heavy atom. The van der Waals surface area contributed by atoms with Crippen LogP contribution in [0.4, 0.5) is 0 Å². The van der Waals surface area contributed by atoms with Crippen LogP contribution in [-0.4, -0.2) is 18.6 Å². The molecular weight excluding hydrogens is 492 g/mol. The van der Waals surface area contributed by atoms with E-state index in [9.17, 15) is 4.79 Å². The Hall–Kier alpha value is -2.45. The summed E-state index contributed by atoms with van der Waals surface area (Å²) in [5.41, 5.74) is 7.48. The van der Waals surface area contributed by atoms with E-state index in [0.29, 0.717) is 24.9 Å². The van der Waals surface area contributed by atoms with Crippen LogP contribution in [0.3, 0.4) is 0 Å². The minimum atomic E-state index is -0.113. The Labute approximate surface area is 232 Å². The van der Waals surface area contributed by atoms with Gasteiger partial charge >= 0.3 is 0 Å². The summed E-state index contributed by atoms with van der Waals surface area (Å²) in [4.78, 5) is 13.5. The average Bonchev–Trinajstić information content (AvgIpc) is 3.17. The Morgan fingerprint density at radius 2 is 1.78 bits per heavy atom. The molecule has 4 heteroatoms. The predicted octanol–water partition coefficient (Wildman–Crippen LogP) is 7.59. The number of thioether (sulfide) groups is 1. The van der Waals surface area contributed by atoms with E-state index < -0.39 is 0 Å². The van der Waals surface area contributed by atoms with Crippen LogP contribution in [0, 0.1) is 29.1 Å². The number of ether oxygens (including phenoxy) is 1. The van der Waals surface area contributed by atoms with E-state index in [2.05, 4.69) is 67.5 Å². The fourth-order valence-corrected chi connectivity index (χ4v) is 7.17. The van der Waals surface area contributed by atoms with Crippen molar-refractivity contribution in [3.63, 3.8) is 0 Å². The van der Waals surface area contributed by atoms with Gasteiger partial charge in [0.05, 0.1) is 6.61 Å². The molecule has 190 valence electrons. The standard InChI is InChI=1S/C33H32O2S.H2S/c1-33-21-35-32(23-9-15-27(36-2)16-10-23)31-28-18-14-26(34)20-24(28)11-17-29(31)30(33)19-13-25(33)12-8-22-6-4-3-5-7-22;/h3-7,9-10,13,15-16,20,29-30,32H,11,14,17-19,21H2,1-2H3;1H2/t29?,30?,32?,33-;/m1./s1. The van der Waals surface area contributed by atoms with E-state index in [-0.39, 0.29) is 30.8 Å². The van der Waals surface area contributed by atoms with E-state index in [0.717, 1.165) is 31.2 Å². The van der Waals surface area contributed by atoms with Crippen molar-refractivity contribution in [2.45, 2.75) is 50.0 Å². The highest BCUT2D eigenvalue weighted by atomic mass is 32.2. The van der Waals surface area contributed by atoms with Crippen LogP contribution >= 0.6 is 25.3 Å². The van der Waals surface area contributed by atoms with E-state index >= 15 is 0 Å². The lowest BCUT2D eigenvalue weighted by Crippen LogP contribution is -2.34. The first-order valence-corrected chi connectivity index (χ1v) is 14.3. The summed E-state index contributed by atoms with van der Waals surface area (Å²) >= 11 is 1.76. The number of carbonyl (C=O) groups excluding carboxylic acids is 1. The number of fused-ring (bicyclic) bond motifs is 4. The summed E-state index contributed by atoms with van der Waals surface area (Å²) < 4.78 is 6.92. The van der Waals surface area contributed by atoms with E-state index in [4.69, 9.17) is 4.74 Å². The molecule has 2 nitrogen and oxygen atoms in total. The third-order valence-corrected chi connectivity index (χ3v) is 9.42. The highest BCUT2D eigenvalue weighted by molar-refractivity contribution is 7.98. The highest BCUT2D eigenvalue weighted by Gasteiger charge is 2.51. The second-order valence-corrected chi connectivity index (χ2v) is 11.6. The molecule has 6 rings (SSSR count). The molecule has 1 heterocycles. The minimum absolute atomic E-state index is 0. The van der Waals surface area contributed by atoms with Gasteiger partial charge in [-0.15, -0.1) is 11.8 Å². The van der Waals surface area contributed by atoms with Crippen LogP contribution in [0.5, 0.6) is 0 Å². The van der Waals surface area contributed by atoms with Gasteiger partial charge in [-0.3, -0.25) is 4.79 Å². The predicted molar refractivity (Wildman–Crippen MR) is 157 cm³/mol. The van der Waals surface area contributed by atoms with Crippen molar-refractivity contribution < 1.29 is 9.53 Å². The lowest BCUT2D eigenvalue weighted by molar-refractivity contribution is -0.114. The number of benzene rings is 2. The number of ketones is 1. The van der Waals surface area contributed by atoms with Gasteiger partial charge in [0.25, 0.3) is 0 Å². The zero-order valence-corrected chi connectivity index (χ0v) is 23.4. The largest absolute Gasteiger partial charge is 0.368 e. The number of allylic oxidation sites excluding steroid dienone is 4. The Balaban J connectivity index is 0.00000280. The normalized spacial score (nSPS) is 28.4. The van der Waals surface area contributed by atoms with Gasteiger partial charge in [-0.25, -0.2) is 0 Å². The van der Waals surface area contributed by atoms with Crippen molar-refractivity contribution in [2.24, 2.45) is 17.3 Å². The topological polar surface area (TPSA) is 26.3 Å². The number of carbonyl (C=O) groups is 1. The molecule has 0 saturated carbocycles.